The molecule has 0 fully saturated rings. The van der Waals surface area contributed by atoms with E-state index < -0.39 is 4.92 Å². The van der Waals surface area contributed by atoms with Gasteiger partial charge in [-0.3, -0.25) is 10.1 Å². The Bertz CT molecular complexity index is 382. The molecular weight excluding hydrogens is 264 g/mol. The number of nitro benzene ring substituents is 1. The number of benzene rings is 1. The highest BCUT2D eigenvalue weighted by Crippen LogP contribution is 2.33. The van der Waals surface area contributed by atoms with Gasteiger partial charge in [-0.15, -0.1) is 0 Å². The second-order valence-corrected chi connectivity index (χ2v) is 3.88. The summed E-state index contributed by atoms with van der Waals surface area (Å²) in [6.07, 6.45) is 0. The number of halogens is 1. The summed E-state index contributed by atoms with van der Waals surface area (Å²) in [5.41, 5.74) is 5.94. The average molecular weight is 275 g/mol. The van der Waals surface area contributed by atoms with E-state index in [2.05, 4.69) is 15.9 Å². The minimum absolute atomic E-state index is 0.0460. The lowest BCUT2D eigenvalue weighted by atomic mass is 10.2. The average Bonchev–Trinajstić information content (AvgIpc) is 2.15. The molecule has 0 spiro atoms. The lowest BCUT2D eigenvalue weighted by Crippen LogP contribution is -2.12. The summed E-state index contributed by atoms with van der Waals surface area (Å²) in [7, 11) is 0. The van der Waals surface area contributed by atoms with Crippen LogP contribution in [-0.4, -0.2) is 18.1 Å². The van der Waals surface area contributed by atoms with Gasteiger partial charge in [0.2, 0.25) is 0 Å². The van der Waals surface area contributed by atoms with E-state index in [1.165, 1.54) is 6.07 Å². The molecule has 0 saturated heterocycles. The van der Waals surface area contributed by atoms with Crippen LogP contribution in [0, 0.1) is 17.0 Å². The molecule has 1 aromatic rings. The summed E-state index contributed by atoms with van der Waals surface area (Å²) >= 11 is 3.20. The molecule has 82 valence electrons. The number of hydrogen-bond donors (Lipinski definition) is 1. The van der Waals surface area contributed by atoms with Gasteiger partial charge in [0.25, 0.3) is 0 Å². The van der Waals surface area contributed by atoms with Crippen molar-refractivity contribution in [2.45, 2.75) is 6.92 Å². The zero-order chi connectivity index (χ0) is 11.4. The maximum absolute atomic E-state index is 10.8. The maximum atomic E-state index is 10.8. The van der Waals surface area contributed by atoms with Crippen molar-refractivity contribution >= 4 is 21.6 Å². The van der Waals surface area contributed by atoms with Gasteiger partial charge in [-0.2, -0.15) is 0 Å². The van der Waals surface area contributed by atoms with Crippen molar-refractivity contribution in [3.63, 3.8) is 0 Å². The lowest BCUT2D eigenvalue weighted by Gasteiger charge is -2.08. The van der Waals surface area contributed by atoms with Gasteiger partial charge in [-0.05, 0) is 18.6 Å². The van der Waals surface area contributed by atoms with Gasteiger partial charge in [-0.25, -0.2) is 0 Å². The van der Waals surface area contributed by atoms with Crippen molar-refractivity contribution in [3.05, 3.63) is 32.3 Å². The fraction of sp³-hybridized carbons (Fsp3) is 0.333. The van der Waals surface area contributed by atoms with E-state index >= 15 is 0 Å². The Balaban J connectivity index is 3.15. The predicted octanol–water partition coefficient (Wildman–Crippen LogP) is 2.00. The monoisotopic (exact) mass is 274 g/mol. The first-order chi connectivity index (χ1) is 7.06. The third-order valence-corrected chi connectivity index (χ3v) is 2.24. The molecule has 5 nitrogen and oxygen atoms in total. The molecule has 15 heavy (non-hydrogen) atoms. The number of nitro groups is 1. The van der Waals surface area contributed by atoms with Gasteiger partial charge in [0.1, 0.15) is 6.61 Å². The number of nitrogens with zero attached hydrogens (tertiary/aromatic N) is 1. The van der Waals surface area contributed by atoms with Crippen LogP contribution >= 0.6 is 15.9 Å². The minimum Gasteiger partial charge on any atom is -0.485 e. The topological polar surface area (TPSA) is 78.4 Å². The van der Waals surface area contributed by atoms with Gasteiger partial charge in [0, 0.05) is 17.1 Å². The second kappa shape index (κ2) is 5.09. The molecule has 0 bridgehead atoms. The quantitative estimate of drug-likeness (QED) is 0.673. The van der Waals surface area contributed by atoms with Gasteiger partial charge >= 0.3 is 5.69 Å². The fourth-order valence-electron chi connectivity index (χ4n) is 1.20. The van der Waals surface area contributed by atoms with Crippen LogP contribution < -0.4 is 10.5 Å². The van der Waals surface area contributed by atoms with Gasteiger partial charge in [0.05, 0.1) is 4.92 Å². The third-order valence-electron chi connectivity index (χ3n) is 1.78. The highest BCUT2D eigenvalue weighted by molar-refractivity contribution is 9.10. The highest BCUT2D eigenvalue weighted by Gasteiger charge is 2.18. The summed E-state index contributed by atoms with van der Waals surface area (Å²) in [5.74, 6) is 0.286. The Labute approximate surface area is 95.5 Å². The fourth-order valence-corrected chi connectivity index (χ4v) is 1.76. The molecular formula is C9H11BrN2O3. The zero-order valence-electron chi connectivity index (χ0n) is 8.20. The second-order valence-electron chi connectivity index (χ2n) is 2.97. The Hall–Kier alpha value is -1.14. The van der Waals surface area contributed by atoms with E-state index in [9.17, 15) is 10.1 Å². The van der Waals surface area contributed by atoms with Gasteiger partial charge in [-0.1, -0.05) is 15.9 Å². The van der Waals surface area contributed by atoms with E-state index in [0.29, 0.717) is 16.6 Å². The zero-order valence-corrected chi connectivity index (χ0v) is 9.78. The van der Waals surface area contributed by atoms with Crippen LogP contribution in [0.15, 0.2) is 16.6 Å². The molecule has 0 atom stereocenters. The van der Waals surface area contributed by atoms with Crippen molar-refractivity contribution in [2.24, 2.45) is 5.73 Å². The Morgan fingerprint density at radius 2 is 2.27 bits per heavy atom. The largest absolute Gasteiger partial charge is 0.485 e. The number of hydrogen-bond acceptors (Lipinski definition) is 4. The van der Waals surface area contributed by atoms with Crippen molar-refractivity contribution in [3.8, 4) is 5.75 Å². The van der Waals surface area contributed by atoms with E-state index in [-0.39, 0.29) is 18.0 Å². The molecule has 0 unspecified atom stereocenters. The molecule has 0 aliphatic rings. The standard InChI is InChI=1S/C9H11BrN2O3/c1-6-4-7(10)5-8(12(13)14)9(6)15-3-2-11/h4-5H,2-3,11H2,1H3. The van der Waals surface area contributed by atoms with Crippen LogP contribution in [-0.2, 0) is 0 Å². The maximum Gasteiger partial charge on any atom is 0.312 e. The normalized spacial score (nSPS) is 10.1. The molecule has 0 aliphatic heterocycles. The van der Waals surface area contributed by atoms with Crippen LogP contribution in [0.3, 0.4) is 0 Å². The molecule has 0 amide bonds. The van der Waals surface area contributed by atoms with Crippen molar-refractivity contribution in [1.29, 1.82) is 0 Å². The summed E-state index contributed by atoms with van der Waals surface area (Å²) in [6, 6.07) is 3.18. The van der Waals surface area contributed by atoms with Crippen molar-refractivity contribution in [2.75, 3.05) is 13.2 Å². The first kappa shape index (κ1) is 11.9. The molecule has 1 rings (SSSR count). The molecule has 0 heterocycles. The molecule has 6 heteroatoms. The first-order valence-electron chi connectivity index (χ1n) is 4.33. The van der Waals surface area contributed by atoms with Gasteiger partial charge in [0.15, 0.2) is 5.75 Å². The molecule has 0 saturated carbocycles. The van der Waals surface area contributed by atoms with Gasteiger partial charge < -0.3 is 10.5 Å². The van der Waals surface area contributed by atoms with Crippen LogP contribution in [0.4, 0.5) is 5.69 Å². The van der Waals surface area contributed by atoms with Crippen LogP contribution in [0.25, 0.3) is 0 Å². The Kier molecular flexibility index (Phi) is 4.05. The SMILES string of the molecule is Cc1cc(Br)cc([N+](=O)[O-])c1OCCN. The summed E-state index contributed by atoms with van der Waals surface area (Å²) in [4.78, 5) is 10.3. The molecule has 2 N–H and O–H groups in total. The van der Waals surface area contributed by atoms with E-state index in [0.717, 1.165) is 0 Å². The number of rotatable bonds is 4. The minimum atomic E-state index is -0.469. The lowest BCUT2D eigenvalue weighted by molar-refractivity contribution is -0.386. The number of ether oxygens (including phenoxy) is 1. The Morgan fingerprint density at radius 3 is 2.80 bits per heavy atom. The van der Waals surface area contributed by atoms with Crippen LogP contribution in [0.5, 0.6) is 5.75 Å². The predicted molar refractivity (Wildman–Crippen MR) is 60.1 cm³/mol. The van der Waals surface area contributed by atoms with Crippen LogP contribution in [0.2, 0.25) is 0 Å². The van der Waals surface area contributed by atoms with Crippen molar-refractivity contribution < 1.29 is 9.66 Å². The Morgan fingerprint density at radius 1 is 1.60 bits per heavy atom. The summed E-state index contributed by atoms with van der Waals surface area (Å²) in [5, 5.41) is 10.8. The molecule has 0 aliphatic carbocycles. The highest BCUT2D eigenvalue weighted by atomic mass is 79.9. The molecule has 1 aromatic carbocycles. The van der Waals surface area contributed by atoms with E-state index in [4.69, 9.17) is 10.5 Å². The number of aryl methyl sites for hydroxylation is 1. The van der Waals surface area contributed by atoms with Crippen molar-refractivity contribution in [1.82, 2.24) is 0 Å². The van der Waals surface area contributed by atoms with E-state index in [1.807, 2.05) is 0 Å². The third kappa shape index (κ3) is 2.90. The smallest absolute Gasteiger partial charge is 0.312 e. The first-order valence-corrected chi connectivity index (χ1v) is 5.13. The van der Waals surface area contributed by atoms with E-state index in [1.54, 1.807) is 13.0 Å². The van der Waals surface area contributed by atoms with Crippen LogP contribution in [0.1, 0.15) is 5.56 Å². The number of nitrogens with two attached hydrogens (primary N) is 1. The molecule has 0 radical (unpaired) electrons. The summed E-state index contributed by atoms with van der Waals surface area (Å²) in [6.45, 7) is 2.35. The molecule has 0 aromatic heterocycles. The summed E-state index contributed by atoms with van der Waals surface area (Å²) < 4.78 is 5.90.